The van der Waals surface area contributed by atoms with Crippen molar-refractivity contribution in [3.8, 4) is 0 Å². The Bertz CT molecular complexity index is 596. The molecule has 5 N–H and O–H groups in total. The van der Waals surface area contributed by atoms with E-state index in [-0.39, 0.29) is 9.88 Å². The summed E-state index contributed by atoms with van der Waals surface area (Å²) in [5.74, 6) is -0.762. The van der Waals surface area contributed by atoms with E-state index < -0.39 is 22.5 Å². The molecule has 1 aromatic rings. The third-order valence-corrected chi connectivity index (χ3v) is 3.98. The Kier molecular flexibility index (Phi) is 4.38. The second kappa shape index (κ2) is 5.42. The number of sulfonamides is 1. The molecule has 0 saturated heterocycles. The number of rotatable bonds is 5. The van der Waals surface area contributed by atoms with Crippen molar-refractivity contribution in [1.82, 2.24) is 4.72 Å². The minimum atomic E-state index is -3.81. The van der Waals surface area contributed by atoms with Crippen molar-refractivity contribution in [2.24, 2.45) is 11.5 Å². The van der Waals surface area contributed by atoms with Crippen LogP contribution in [0.2, 0.25) is 0 Å². The Labute approximate surface area is 110 Å². The number of amides is 1. The molecule has 1 aromatic carbocycles. The first-order valence-corrected chi connectivity index (χ1v) is 6.81. The van der Waals surface area contributed by atoms with Crippen molar-refractivity contribution in [3.63, 3.8) is 0 Å². The monoisotopic (exact) mass is 287 g/mol. The van der Waals surface area contributed by atoms with E-state index in [4.69, 9.17) is 23.7 Å². The summed E-state index contributed by atoms with van der Waals surface area (Å²) in [7, 11) is -3.81. The Morgan fingerprint density at radius 2 is 2.00 bits per heavy atom. The van der Waals surface area contributed by atoms with Gasteiger partial charge < -0.3 is 11.5 Å². The summed E-state index contributed by atoms with van der Waals surface area (Å²) in [5, 5.41) is 0. The van der Waals surface area contributed by atoms with Gasteiger partial charge in [0, 0.05) is 5.56 Å². The van der Waals surface area contributed by atoms with Gasteiger partial charge in [-0.3, -0.25) is 4.79 Å². The van der Waals surface area contributed by atoms with Crippen molar-refractivity contribution in [2.45, 2.75) is 11.8 Å². The van der Waals surface area contributed by atoms with Crippen molar-refractivity contribution in [2.75, 3.05) is 6.54 Å². The molecule has 6 nitrogen and oxygen atoms in total. The van der Waals surface area contributed by atoms with Crippen molar-refractivity contribution >= 4 is 33.1 Å². The van der Waals surface area contributed by atoms with Gasteiger partial charge in [-0.05, 0) is 18.6 Å². The fraction of sp³-hybridized carbons (Fsp3) is 0.200. The molecule has 98 valence electrons. The summed E-state index contributed by atoms with van der Waals surface area (Å²) in [5.41, 5.74) is 11.3. The number of nitrogens with two attached hydrogens (primary N) is 2. The molecule has 0 aromatic heterocycles. The third kappa shape index (κ3) is 3.49. The number of primary amides is 1. The summed E-state index contributed by atoms with van der Waals surface area (Å²) in [6.07, 6.45) is 0. The van der Waals surface area contributed by atoms with Crippen LogP contribution in [-0.4, -0.2) is 25.9 Å². The van der Waals surface area contributed by atoms with Gasteiger partial charge in [0.2, 0.25) is 15.9 Å². The molecule has 0 saturated carbocycles. The van der Waals surface area contributed by atoms with E-state index in [1.165, 1.54) is 6.07 Å². The first-order chi connectivity index (χ1) is 8.24. The molecule has 8 heteroatoms. The normalized spacial score (nSPS) is 11.2. The highest BCUT2D eigenvalue weighted by atomic mass is 32.2. The molecule has 0 radical (unpaired) electrons. The van der Waals surface area contributed by atoms with Crippen LogP contribution in [0.3, 0.4) is 0 Å². The predicted octanol–water partition coefficient (Wildman–Crippen LogP) is -0.607. The van der Waals surface area contributed by atoms with E-state index in [9.17, 15) is 13.2 Å². The Morgan fingerprint density at radius 3 is 2.50 bits per heavy atom. The Balaban J connectivity index is 3.18. The summed E-state index contributed by atoms with van der Waals surface area (Å²) in [6.45, 7) is 1.17. The molecule has 1 amide bonds. The number of nitrogens with one attached hydrogen (secondary N) is 1. The lowest BCUT2D eigenvalue weighted by Gasteiger charge is -2.09. The van der Waals surface area contributed by atoms with Crippen molar-refractivity contribution < 1.29 is 13.2 Å². The standard InChI is InChI=1S/C10H13N3O3S2/c1-6-2-3-7(10(12)17)4-8(6)18(15,16)13-5-9(11)14/h2-4,13H,5H2,1H3,(H2,11,14)(H2,12,17). The average Bonchev–Trinajstić information content (AvgIpc) is 2.26. The molecule has 0 atom stereocenters. The Hall–Kier alpha value is -1.51. The van der Waals surface area contributed by atoms with Crippen LogP contribution in [0.15, 0.2) is 23.1 Å². The molecular formula is C10H13N3O3S2. The smallest absolute Gasteiger partial charge is 0.241 e. The van der Waals surface area contributed by atoms with Gasteiger partial charge in [-0.15, -0.1) is 0 Å². The van der Waals surface area contributed by atoms with E-state index in [1.807, 2.05) is 0 Å². The molecule has 0 aliphatic carbocycles. The quantitative estimate of drug-likeness (QED) is 0.625. The maximum atomic E-state index is 11.9. The number of carbonyl (C=O) groups excluding carboxylic acids is 1. The molecule has 0 fully saturated rings. The van der Waals surface area contributed by atoms with Crippen molar-refractivity contribution in [1.29, 1.82) is 0 Å². The van der Waals surface area contributed by atoms with Crippen LogP contribution in [0.5, 0.6) is 0 Å². The van der Waals surface area contributed by atoms with E-state index in [2.05, 4.69) is 4.72 Å². The zero-order valence-electron chi connectivity index (χ0n) is 9.64. The first kappa shape index (κ1) is 14.6. The van der Waals surface area contributed by atoms with Gasteiger partial charge in [-0.1, -0.05) is 24.4 Å². The number of carbonyl (C=O) groups is 1. The van der Waals surface area contributed by atoms with Crippen LogP contribution >= 0.6 is 12.2 Å². The van der Waals surface area contributed by atoms with Gasteiger partial charge in [0.05, 0.1) is 11.4 Å². The fourth-order valence-corrected chi connectivity index (χ4v) is 2.68. The predicted molar refractivity (Wildman–Crippen MR) is 71.4 cm³/mol. The summed E-state index contributed by atoms with van der Waals surface area (Å²) >= 11 is 4.78. The molecule has 0 spiro atoms. The van der Waals surface area contributed by atoms with Gasteiger partial charge in [-0.2, -0.15) is 0 Å². The number of thiocarbonyl (C=S) groups is 1. The molecule has 0 bridgehead atoms. The lowest BCUT2D eigenvalue weighted by atomic mass is 10.1. The molecule has 0 unspecified atom stereocenters. The van der Waals surface area contributed by atoms with Gasteiger partial charge in [-0.25, -0.2) is 13.1 Å². The van der Waals surface area contributed by atoms with Crippen molar-refractivity contribution in [3.05, 3.63) is 29.3 Å². The van der Waals surface area contributed by atoms with Crippen LogP contribution in [-0.2, 0) is 14.8 Å². The minimum Gasteiger partial charge on any atom is -0.389 e. The van der Waals surface area contributed by atoms with Crippen LogP contribution in [0, 0.1) is 6.92 Å². The van der Waals surface area contributed by atoms with E-state index in [0.717, 1.165) is 0 Å². The molecule has 1 rings (SSSR count). The minimum absolute atomic E-state index is 0.0223. The van der Waals surface area contributed by atoms with Crippen LogP contribution in [0.4, 0.5) is 0 Å². The topological polar surface area (TPSA) is 115 Å². The zero-order valence-corrected chi connectivity index (χ0v) is 11.3. The second-order valence-electron chi connectivity index (χ2n) is 3.64. The number of hydrogen-bond donors (Lipinski definition) is 3. The molecule has 0 aliphatic heterocycles. The Morgan fingerprint density at radius 1 is 1.39 bits per heavy atom. The van der Waals surface area contributed by atoms with Gasteiger partial charge >= 0.3 is 0 Å². The third-order valence-electron chi connectivity index (χ3n) is 2.20. The highest BCUT2D eigenvalue weighted by Crippen LogP contribution is 2.16. The SMILES string of the molecule is Cc1ccc(C(N)=S)cc1S(=O)(=O)NCC(N)=O. The van der Waals surface area contributed by atoms with E-state index in [0.29, 0.717) is 11.1 Å². The fourth-order valence-electron chi connectivity index (χ4n) is 1.29. The van der Waals surface area contributed by atoms with Gasteiger partial charge in [0.25, 0.3) is 0 Å². The highest BCUT2D eigenvalue weighted by molar-refractivity contribution is 7.89. The average molecular weight is 287 g/mol. The molecule has 18 heavy (non-hydrogen) atoms. The number of aryl methyl sites for hydroxylation is 1. The maximum absolute atomic E-state index is 11.9. The van der Waals surface area contributed by atoms with E-state index >= 15 is 0 Å². The number of benzene rings is 1. The first-order valence-electron chi connectivity index (χ1n) is 4.92. The lowest BCUT2D eigenvalue weighted by Crippen LogP contribution is -2.33. The second-order valence-corrected chi connectivity index (χ2v) is 5.81. The summed E-state index contributed by atoms with van der Waals surface area (Å²) in [4.78, 5) is 10.7. The number of hydrogen-bond acceptors (Lipinski definition) is 4. The summed E-state index contributed by atoms with van der Waals surface area (Å²) < 4.78 is 26.0. The van der Waals surface area contributed by atoms with Crippen LogP contribution in [0.25, 0.3) is 0 Å². The molecular weight excluding hydrogens is 274 g/mol. The lowest BCUT2D eigenvalue weighted by molar-refractivity contribution is -0.116. The van der Waals surface area contributed by atoms with Crippen LogP contribution < -0.4 is 16.2 Å². The zero-order chi connectivity index (χ0) is 13.9. The molecule has 0 heterocycles. The van der Waals surface area contributed by atoms with Crippen LogP contribution in [0.1, 0.15) is 11.1 Å². The molecule has 0 aliphatic rings. The summed E-state index contributed by atoms with van der Waals surface area (Å²) in [6, 6.07) is 4.58. The van der Waals surface area contributed by atoms with Gasteiger partial charge in [0.15, 0.2) is 0 Å². The van der Waals surface area contributed by atoms with E-state index in [1.54, 1.807) is 19.1 Å². The maximum Gasteiger partial charge on any atom is 0.241 e. The highest BCUT2D eigenvalue weighted by Gasteiger charge is 2.18. The largest absolute Gasteiger partial charge is 0.389 e. The van der Waals surface area contributed by atoms with Gasteiger partial charge in [0.1, 0.15) is 4.99 Å².